The van der Waals surface area contributed by atoms with Gasteiger partial charge in [0.25, 0.3) is 0 Å². The molecule has 4 rings (SSSR count). The highest BCUT2D eigenvalue weighted by Gasteiger charge is 2.33. The fourth-order valence-electron chi connectivity index (χ4n) is 3.71. The number of benzene rings is 3. The molecule has 6 heteroatoms. The first-order valence-corrected chi connectivity index (χ1v) is 10.8. The van der Waals surface area contributed by atoms with Gasteiger partial charge in [0.05, 0.1) is 11.6 Å². The van der Waals surface area contributed by atoms with Crippen LogP contribution in [0.1, 0.15) is 29.2 Å². The Morgan fingerprint density at radius 2 is 1.56 bits per heavy atom. The molecule has 0 radical (unpaired) electrons. The normalized spacial score (nSPS) is 15.7. The number of hydrogen-bond donors (Lipinski definition) is 2. The third-order valence-electron chi connectivity index (χ3n) is 5.27. The zero-order valence-corrected chi connectivity index (χ0v) is 18.1. The van der Waals surface area contributed by atoms with Crippen LogP contribution in [-0.2, 0) is 22.6 Å². The molecule has 1 heterocycles. The van der Waals surface area contributed by atoms with E-state index in [0.29, 0.717) is 29.1 Å². The third-order valence-corrected chi connectivity index (χ3v) is 5.51. The van der Waals surface area contributed by atoms with Crippen molar-refractivity contribution in [1.29, 1.82) is 0 Å². The molecule has 0 spiro atoms. The van der Waals surface area contributed by atoms with Crippen molar-refractivity contribution in [3.05, 3.63) is 118 Å². The molecule has 3 aromatic rings. The molecule has 32 heavy (non-hydrogen) atoms. The van der Waals surface area contributed by atoms with E-state index >= 15 is 0 Å². The average Bonchev–Trinajstić information content (AvgIpc) is 2.82. The van der Waals surface area contributed by atoms with Crippen molar-refractivity contribution in [2.45, 2.75) is 25.5 Å². The lowest BCUT2D eigenvalue weighted by molar-refractivity contribution is -0.140. The Morgan fingerprint density at radius 1 is 0.875 bits per heavy atom. The summed E-state index contributed by atoms with van der Waals surface area (Å²) in [5.41, 5.74) is 3.70. The number of carbonyl (C=O) groups is 2. The molecule has 0 aromatic heterocycles. The van der Waals surface area contributed by atoms with Gasteiger partial charge in [-0.05, 0) is 41.7 Å². The van der Waals surface area contributed by atoms with E-state index in [2.05, 4.69) is 10.6 Å². The number of aryl methyl sites for hydroxylation is 1. The Kier molecular flexibility index (Phi) is 6.87. The largest absolute Gasteiger partial charge is 0.457 e. The number of carbonyl (C=O) groups excluding carboxylic acids is 2. The van der Waals surface area contributed by atoms with Crippen LogP contribution >= 0.6 is 11.6 Å². The van der Waals surface area contributed by atoms with Crippen molar-refractivity contribution in [2.24, 2.45) is 0 Å². The van der Waals surface area contributed by atoms with Crippen molar-refractivity contribution < 1.29 is 14.3 Å². The third kappa shape index (κ3) is 5.37. The Bertz CT molecular complexity index is 1130. The quantitative estimate of drug-likeness (QED) is 0.482. The second-order valence-corrected chi connectivity index (χ2v) is 7.96. The van der Waals surface area contributed by atoms with Crippen LogP contribution in [0.2, 0.25) is 5.02 Å². The molecule has 3 aromatic carbocycles. The zero-order valence-electron chi connectivity index (χ0n) is 17.4. The molecule has 2 N–H and O–H groups in total. The summed E-state index contributed by atoms with van der Waals surface area (Å²) in [6, 6.07) is 25.5. The van der Waals surface area contributed by atoms with E-state index in [1.807, 2.05) is 84.9 Å². The summed E-state index contributed by atoms with van der Waals surface area (Å²) in [6.45, 7) is 0.153. The van der Waals surface area contributed by atoms with Crippen molar-refractivity contribution in [3.63, 3.8) is 0 Å². The molecule has 0 aliphatic carbocycles. The van der Waals surface area contributed by atoms with E-state index in [4.69, 9.17) is 16.3 Å². The molecule has 0 saturated heterocycles. The molecule has 1 atom stereocenters. The Morgan fingerprint density at radius 3 is 2.28 bits per heavy atom. The Balaban J connectivity index is 1.64. The van der Waals surface area contributed by atoms with Crippen LogP contribution in [0.4, 0.5) is 4.79 Å². The van der Waals surface area contributed by atoms with Gasteiger partial charge in [0.1, 0.15) is 6.61 Å². The van der Waals surface area contributed by atoms with Crippen LogP contribution in [0.25, 0.3) is 0 Å². The number of amides is 2. The molecule has 0 bridgehead atoms. The van der Waals surface area contributed by atoms with E-state index in [0.717, 1.165) is 16.7 Å². The minimum atomic E-state index is -0.595. The van der Waals surface area contributed by atoms with Gasteiger partial charge in [0, 0.05) is 10.7 Å². The molecule has 2 amide bonds. The summed E-state index contributed by atoms with van der Waals surface area (Å²) in [5.74, 6) is -0.462. The van der Waals surface area contributed by atoms with E-state index in [9.17, 15) is 9.59 Å². The summed E-state index contributed by atoms with van der Waals surface area (Å²) in [6.07, 6.45) is 1.08. The van der Waals surface area contributed by atoms with Crippen LogP contribution in [0.5, 0.6) is 0 Å². The molecule has 0 fully saturated rings. The Hall–Kier alpha value is -3.57. The predicted octanol–water partition coefficient (Wildman–Crippen LogP) is 5.32. The first kappa shape index (κ1) is 21.7. The molecular weight excluding hydrogens is 424 g/mol. The summed E-state index contributed by atoms with van der Waals surface area (Å²) >= 11 is 6.11. The zero-order chi connectivity index (χ0) is 22.3. The van der Waals surface area contributed by atoms with Gasteiger partial charge < -0.3 is 15.4 Å². The maximum Gasteiger partial charge on any atom is 0.338 e. The lowest BCUT2D eigenvalue weighted by atomic mass is 9.93. The number of allylic oxidation sites excluding steroid dienone is 1. The van der Waals surface area contributed by atoms with Gasteiger partial charge >= 0.3 is 12.0 Å². The number of esters is 1. The van der Waals surface area contributed by atoms with Crippen molar-refractivity contribution in [2.75, 3.05) is 0 Å². The number of hydrogen-bond acceptors (Lipinski definition) is 3. The molecule has 5 nitrogen and oxygen atoms in total. The van der Waals surface area contributed by atoms with Crippen LogP contribution in [0, 0.1) is 0 Å². The van der Waals surface area contributed by atoms with E-state index in [1.54, 1.807) is 0 Å². The lowest BCUT2D eigenvalue weighted by Crippen LogP contribution is -2.46. The van der Waals surface area contributed by atoms with Gasteiger partial charge in [-0.25, -0.2) is 9.59 Å². The topological polar surface area (TPSA) is 67.4 Å². The summed E-state index contributed by atoms with van der Waals surface area (Å²) in [5, 5.41) is 6.34. The van der Waals surface area contributed by atoms with E-state index in [1.165, 1.54) is 0 Å². The maximum absolute atomic E-state index is 13.2. The van der Waals surface area contributed by atoms with Gasteiger partial charge in [-0.15, -0.1) is 0 Å². The van der Waals surface area contributed by atoms with Gasteiger partial charge in [-0.3, -0.25) is 0 Å². The molecule has 0 saturated carbocycles. The number of halogens is 1. The van der Waals surface area contributed by atoms with Crippen LogP contribution < -0.4 is 10.6 Å². The number of nitrogens with one attached hydrogen (secondary N) is 2. The molecular formula is C26H23ClN2O3. The minimum Gasteiger partial charge on any atom is -0.457 e. The molecule has 1 unspecified atom stereocenters. The highest BCUT2D eigenvalue weighted by Crippen LogP contribution is 2.30. The number of rotatable bonds is 7. The fourth-order valence-corrected chi connectivity index (χ4v) is 3.93. The smallest absolute Gasteiger partial charge is 0.338 e. The van der Waals surface area contributed by atoms with Crippen LogP contribution in [0.15, 0.2) is 96.2 Å². The Labute approximate surface area is 192 Å². The first-order valence-electron chi connectivity index (χ1n) is 10.4. The lowest BCUT2D eigenvalue weighted by Gasteiger charge is -2.29. The number of urea groups is 1. The fraction of sp³-hybridized carbons (Fsp3) is 0.154. The highest BCUT2D eigenvalue weighted by molar-refractivity contribution is 6.30. The summed E-state index contributed by atoms with van der Waals surface area (Å²) in [4.78, 5) is 25.7. The second kappa shape index (κ2) is 10.2. The van der Waals surface area contributed by atoms with Gasteiger partial charge in [0.15, 0.2) is 0 Å². The van der Waals surface area contributed by atoms with Crippen LogP contribution in [0.3, 0.4) is 0 Å². The molecule has 1 aliphatic rings. The SMILES string of the molecule is O=C1NC(CCc2cccc(Cl)c2)=C(C(=O)OCc2ccccc2)C(c2ccccc2)N1. The van der Waals surface area contributed by atoms with Gasteiger partial charge in [0.2, 0.25) is 0 Å². The van der Waals surface area contributed by atoms with Crippen molar-refractivity contribution >= 4 is 23.6 Å². The standard InChI is InChI=1S/C26H23ClN2O3/c27-21-13-7-10-18(16-21)14-15-22-23(25(30)32-17-19-8-3-1-4-9-19)24(29-26(31)28-22)20-11-5-2-6-12-20/h1-13,16,24H,14-15,17H2,(H2,28,29,31). The van der Waals surface area contributed by atoms with Gasteiger partial charge in [-0.1, -0.05) is 84.4 Å². The summed E-state index contributed by atoms with van der Waals surface area (Å²) < 4.78 is 5.65. The second-order valence-electron chi connectivity index (χ2n) is 7.53. The van der Waals surface area contributed by atoms with Crippen LogP contribution in [-0.4, -0.2) is 12.0 Å². The van der Waals surface area contributed by atoms with Crippen molar-refractivity contribution in [3.8, 4) is 0 Å². The molecule has 162 valence electrons. The molecule has 1 aliphatic heterocycles. The minimum absolute atomic E-state index is 0.153. The monoisotopic (exact) mass is 446 g/mol. The maximum atomic E-state index is 13.2. The van der Waals surface area contributed by atoms with Crippen molar-refractivity contribution in [1.82, 2.24) is 10.6 Å². The average molecular weight is 447 g/mol. The van der Waals surface area contributed by atoms with Gasteiger partial charge in [-0.2, -0.15) is 0 Å². The summed E-state index contributed by atoms with van der Waals surface area (Å²) in [7, 11) is 0. The van der Waals surface area contributed by atoms with E-state index < -0.39 is 12.0 Å². The highest BCUT2D eigenvalue weighted by atomic mass is 35.5. The number of ether oxygens (including phenoxy) is 1. The first-order chi connectivity index (χ1) is 15.6. The predicted molar refractivity (Wildman–Crippen MR) is 124 cm³/mol. The van der Waals surface area contributed by atoms with E-state index in [-0.39, 0.29) is 12.6 Å².